The van der Waals surface area contributed by atoms with Gasteiger partial charge < -0.3 is 0 Å². The Labute approximate surface area is 180 Å². The van der Waals surface area contributed by atoms with Crippen LogP contribution in [0.2, 0.25) is 0 Å². The summed E-state index contributed by atoms with van der Waals surface area (Å²) in [4.78, 5) is 4.63. The van der Waals surface area contributed by atoms with Crippen LogP contribution in [0.1, 0.15) is 30.1 Å². The van der Waals surface area contributed by atoms with Crippen molar-refractivity contribution in [3.05, 3.63) is 65.7 Å². The summed E-state index contributed by atoms with van der Waals surface area (Å²) in [5.74, 6) is 7.60. The molecule has 7 nitrogen and oxygen atoms in total. The highest BCUT2D eigenvalue weighted by atomic mass is 15.5. The van der Waals surface area contributed by atoms with Gasteiger partial charge in [-0.25, -0.2) is 14.8 Å². The molecule has 0 saturated carbocycles. The third-order valence-corrected chi connectivity index (χ3v) is 4.90. The van der Waals surface area contributed by atoms with Gasteiger partial charge >= 0.3 is 0 Å². The number of rotatable bonds is 8. The normalized spacial score (nSPS) is 10.5. The fourth-order valence-corrected chi connectivity index (χ4v) is 3.39. The number of aryl methyl sites for hydroxylation is 2. The monoisotopic (exact) mass is 407 g/mol. The number of aromatic amines is 1. The van der Waals surface area contributed by atoms with E-state index in [1.807, 2.05) is 22.9 Å². The van der Waals surface area contributed by atoms with E-state index in [-0.39, 0.29) is 0 Å². The molecule has 0 aliphatic heterocycles. The molecular formula is C24H21N7. The van der Waals surface area contributed by atoms with Crippen molar-refractivity contribution in [3.8, 4) is 47.2 Å². The molecule has 0 aliphatic rings. The van der Waals surface area contributed by atoms with Gasteiger partial charge in [-0.3, -0.25) is 0 Å². The molecule has 0 atom stereocenters. The Bertz CT molecular complexity index is 1220. The van der Waals surface area contributed by atoms with Crippen molar-refractivity contribution in [2.24, 2.45) is 0 Å². The molecule has 0 radical (unpaired) electrons. The molecule has 2 aromatic heterocycles. The Morgan fingerprint density at radius 1 is 0.903 bits per heavy atom. The standard InChI is InChI=1S/C24H21N7/c1-3-5-11-22-25-23(12-6-4-2)31(28-22)17-18-13-15-19(16-14-18)20-9-7-8-10-21(20)24-26-29-30-27-24/h1-2,7-10,13-16H,5-6,11-12,17H2,(H,26,27,29,30). The van der Waals surface area contributed by atoms with Gasteiger partial charge in [0.05, 0.1) is 6.54 Å². The van der Waals surface area contributed by atoms with Crippen LogP contribution in [0.4, 0.5) is 0 Å². The maximum absolute atomic E-state index is 5.44. The zero-order valence-corrected chi connectivity index (χ0v) is 17.0. The minimum Gasteiger partial charge on any atom is -0.245 e. The molecule has 0 spiro atoms. The van der Waals surface area contributed by atoms with Gasteiger partial charge in [-0.1, -0.05) is 48.5 Å². The Kier molecular flexibility index (Phi) is 6.16. The van der Waals surface area contributed by atoms with E-state index in [0.717, 1.165) is 33.9 Å². The molecule has 0 bridgehead atoms. The first-order chi connectivity index (χ1) is 15.3. The summed E-state index contributed by atoms with van der Waals surface area (Å²) in [5.41, 5.74) is 4.21. The fraction of sp³-hybridized carbons (Fsp3) is 0.208. The second-order valence-corrected chi connectivity index (χ2v) is 7.00. The minimum atomic E-state index is 0.618. The first kappa shape index (κ1) is 20.1. The van der Waals surface area contributed by atoms with Crippen LogP contribution >= 0.6 is 0 Å². The molecule has 1 N–H and O–H groups in total. The lowest BCUT2D eigenvalue weighted by atomic mass is 9.98. The van der Waals surface area contributed by atoms with E-state index in [2.05, 4.69) is 72.9 Å². The van der Waals surface area contributed by atoms with E-state index in [4.69, 9.17) is 12.8 Å². The third-order valence-electron chi connectivity index (χ3n) is 4.90. The van der Waals surface area contributed by atoms with Crippen LogP contribution < -0.4 is 0 Å². The number of tetrazole rings is 1. The van der Waals surface area contributed by atoms with Crippen molar-refractivity contribution in [1.82, 2.24) is 35.4 Å². The van der Waals surface area contributed by atoms with Crippen LogP contribution in [0.3, 0.4) is 0 Å². The average Bonchev–Trinajstić information content (AvgIpc) is 3.47. The Hall–Kier alpha value is -4.23. The number of nitrogens with one attached hydrogen (secondary N) is 1. The Morgan fingerprint density at radius 2 is 1.65 bits per heavy atom. The van der Waals surface area contributed by atoms with Crippen LogP contribution in [0.15, 0.2) is 48.5 Å². The Balaban J connectivity index is 1.57. The molecule has 0 fully saturated rings. The number of hydrogen-bond acceptors (Lipinski definition) is 5. The van der Waals surface area contributed by atoms with E-state index < -0.39 is 0 Å². The van der Waals surface area contributed by atoms with E-state index in [9.17, 15) is 0 Å². The third kappa shape index (κ3) is 4.68. The van der Waals surface area contributed by atoms with Crippen molar-refractivity contribution in [1.29, 1.82) is 0 Å². The molecule has 2 heterocycles. The van der Waals surface area contributed by atoms with Crippen LogP contribution in [0.5, 0.6) is 0 Å². The maximum Gasteiger partial charge on any atom is 0.180 e. The number of benzene rings is 2. The van der Waals surface area contributed by atoms with Gasteiger partial charge in [0.1, 0.15) is 5.82 Å². The molecular weight excluding hydrogens is 386 g/mol. The summed E-state index contributed by atoms with van der Waals surface area (Å²) in [6.45, 7) is 0.622. The zero-order valence-electron chi connectivity index (χ0n) is 17.0. The molecule has 2 aromatic carbocycles. The summed E-state index contributed by atoms with van der Waals surface area (Å²) in [5, 5.41) is 18.9. The van der Waals surface area contributed by atoms with Crippen molar-refractivity contribution in [3.63, 3.8) is 0 Å². The highest BCUT2D eigenvalue weighted by molar-refractivity contribution is 5.80. The number of terminal acetylenes is 2. The topological polar surface area (TPSA) is 85.2 Å². The molecule has 4 rings (SSSR count). The summed E-state index contributed by atoms with van der Waals surface area (Å²) in [6.07, 6.45) is 13.4. The van der Waals surface area contributed by atoms with Crippen LogP contribution in [0, 0.1) is 24.7 Å². The van der Waals surface area contributed by atoms with Gasteiger partial charge in [-0.15, -0.1) is 29.8 Å². The first-order valence-corrected chi connectivity index (χ1v) is 10.0. The van der Waals surface area contributed by atoms with E-state index in [1.165, 1.54) is 0 Å². The number of aromatic nitrogens is 7. The molecule has 0 unspecified atom stereocenters. The summed E-state index contributed by atoms with van der Waals surface area (Å²) < 4.78 is 1.92. The maximum atomic E-state index is 5.44. The summed E-state index contributed by atoms with van der Waals surface area (Å²) in [6, 6.07) is 16.4. The van der Waals surface area contributed by atoms with Crippen molar-refractivity contribution in [2.45, 2.75) is 32.2 Å². The van der Waals surface area contributed by atoms with Gasteiger partial charge in [0, 0.05) is 31.2 Å². The molecule has 0 saturated heterocycles. The molecule has 7 heteroatoms. The van der Waals surface area contributed by atoms with Crippen LogP contribution in [0.25, 0.3) is 22.5 Å². The fourth-order valence-electron chi connectivity index (χ4n) is 3.39. The average molecular weight is 407 g/mol. The smallest absolute Gasteiger partial charge is 0.180 e. The molecule has 0 amide bonds. The van der Waals surface area contributed by atoms with Crippen LogP contribution in [-0.2, 0) is 19.4 Å². The zero-order chi connectivity index (χ0) is 21.5. The van der Waals surface area contributed by atoms with E-state index in [0.29, 0.717) is 38.1 Å². The highest BCUT2D eigenvalue weighted by Gasteiger charge is 2.12. The summed E-state index contributed by atoms with van der Waals surface area (Å²) in [7, 11) is 0. The summed E-state index contributed by atoms with van der Waals surface area (Å²) >= 11 is 0. The van der Waals surface area contributed by atoms with E-state index >= 15 is 0 Å². The molecule has 31 heavy (non-hydrogen) atoms. The second-order valence-electron chi connectivity index (χ2n) is 7.00. The largest absolute Gasteiger partial charge is 0.245 e. The van der Waals surface area contributed by atoms with Gasteiger partial charge in [-0.2, -0.15) is 5.10 Å². The second kappa shape index (κ2) is 9.51. The van der Waals surface area contributed by atoms with Gasteiger partial charge in [-0.05, 0) is 27.1 Å². The first-order valence-electron chi connectivity index (χ1n) is 10.0. The lowest BCUT2D eigenvalue weighted by Crippen LogP contribution is -2.07. The lowest BCUT2D eigenvalue weighted by Gasteiger charge is -2.09. The quantitative estimate of drug-likeness (QED) is 0.453. The highest BCUT2D eigenvalue weighted by Crippen LogP contribution is 2.29. The lowest BCUT2D eigenvalue weighted by molar-refractivity contribution is 0.630. The Morgan fingerprint density at radius 3 is 2.35 bits per heavy atom. The number of H-pyrrole nitrogens is 1. The van der Waals surface area contributed by atoms with Crippen molar-refractivity contribution >= 4 is 0 Å². The molecule has 152 valence electrons. The van der Waals surface area contributed by atoms with Gasteiger partial charge in [0.15, 0.2) is 11.6 Å². The number of nitrogens with zero attached hydrogens (tertiary/aromatic N) is 6. The predicted molar refractivity (Wildman–Crippen MR) is 118 cm³/mol. The number of hydrogen-bond donors (Lipinski definition) is 1. The minimum absolute atomic E-state index is 0.618. The van der Waals surface area contributed by atoms with Crippen molar-refractivity contribution < 1.29 is 0 Å². The van der Waals surface area contributed by atoms with Crippen LogP contribution in [-0.4, -0.2) is 35.4 Å². The molecule has 0 aliphatic carbocycles. The SMILES string of the molecule is C#CCCc1nc(CCC#C)n(Cc2ccc(-c3ccccc3-c3nnn[nH]3)cc2)n1. The van der Waals surface area contributed by atoms with Gasteiger partial charge in [0.2, 0.25) is 0 Å². The van der Waals surface area contributed by atoms with E-state index in [1.54, 1.807) is 0 Å². The predicted octanol–water partition coefficient (Wildman–Crippen LogP) is 3.31. The van der Waals surface area contributed by atoms with Crippen molar-refractivity contribution in [2.75, 3.05) is 0 Å². The van der Waals surface area contributed by atoms with Gasteiger partial charge in [0.25, 0.3) is 0 Å². The molecule has 4 aromatic rings.